The largest absolute Gasteiger partial charge is 0.493 e. The molecule has 1 aromatic heterocycles. The fraction of sp³-hybridized carbons (Fsp3) is 0.226. The van der Waals surface area contributed by atoms with Crippen LogP contribution in [-0.4, -0.2) is 19.7 Å². The maximum atomic E-state index is 13.1. The number of rotatable bonds is 6. The lowest BCUT2D eigenvalue weighted by molar-refractivity contribution is 0.0702. The number of furan rings is 1. The van der Waals surface area contributed by atoms with Crippen LogP contribution >= 0.6 is 0 Å². The lowest BCUT2D eigenvalue weighted by Crippen LogP contribution is -2.21. The third kappa shape index (κ3) is 4.53. The van der Waals surface area contributed by atoms with Gasteiger partial charge in [-0.25, -0.2) is 4.79 Å². The third-order valence-corrected chi connectivity index (χ3v) is 6.78. The van der Waals surface area contributed by atoms with Gasteiger partial charge < -0.3 is 29.1 Å². The summed E-state index contributed by atoms with van der Waals surface area (Å²) >= 11 is 0. The van der Waals surface area contributed by atoms with Crippen molar-refractivity contribution in [2.75, 3.05) is 13.7 Å². The predicted octanol–water partition coefficient (Wildman–Crippen LogP) is 6.20. The molecule has 2 heterocycles. The molecular formula is C31H28N2O6. The van der Waals surface area contributed by atoms with Gasteiger partial charge in [0.05, 0.1) is 19.6 Å². The maximum absolute atomic E-state index is 13.1. The second kappa shape index (κ2) is 10.1. The number of nitriles is 1. The first-order valence-electron chi connectivity index (χ1n) is 12.5. The number of esters is 1. The van der Waals surface area contributed by atoms with E-state index in [1.165, 1.54) is 0 Å². The average Bonchev–Trinajstić information content (AvgIpc) is 3.24. The van der Waals surface area contributed by atoms with Crippen molar-refractivity contribution in [1.29, 1.82) is 5.26 Å². The minimum absolute atomic E-state index is 0.0229. The number of ether oxygens (including phenoxy) is 4. The Morgan fingerprint density at radius 1 is 1.08 bits per heavy atom. The molecule has 8 heteroatoms. The normalized spacial score (nSPS) is 14.4. The second-order valence-corrected chi connectivity index (χ2v) is 9.37. The Morgan fingerprint density at radius 2 is 1.87 bits per heavy atom. The molecule has 1 aliphatic rings. The van der Waals surface area contributed by atoms with Crippen LogP contribution < -0.4 is 24.7 Å². The summed E-state index contributed by atoms with van der Waals surface area (Å²) in [4.78, 5) is 13.1. The maximum Gasteiger partial charge on any atom is 0.379 e. The van der Waals surface area contributed by atoms with Crippen molar-refractivity contribution in [3.63, 3.8) is 0 Å². The summed E-state index contributed by atoms with van der Waals surface area (Å²) in [6.45, 7) is 8.18. The zero-order valence-corrected chi connectivity index (χ0v) is 22.4. The summed E-state index contributed by atoms with van der Waals surface area (Å²) in [5.74, 6) is 0.747. The number of benzene rings is 3. The minimum atomic E-state index is -0.620. The van der Waals surface area contributed by atoms with E-state index in [1.807, 2.05) is 52.0 Å². The first kappa shape index (κ1) is 25.7. The van der Waals surface area contributed by atoms with Crippen molar-refractivity contribution in [2.24, 2.45) is 5.73 Å². The number of carbonyl (C=O) groups is 1. The van der Waals surface area contributed by atoms with E-state index in [2.05, 4.69) is 6.07 Å². The fourth-order valence-electron chi connectivity index (χ4n) is 5.12. The molecule has 1 aliphatic heterocycles. The molecule has 198 valence electrons. The van der Waals surface area contributed by atoms with E-state index in [0.29, 0.717) is 35.0 Å². The molecule has 3 aromatic carbocycles. The van der Waals surface area contributed by atoms with Crippen molar-refractivity contribution < 1.29 is 28.2 Å². The number of fused-ring (bicyclic) bond motifs is 2. The van der Waals surface area contributed by atoms with Crippen LogP contribution in [0.2, 0.25) is 0 Å². The molecule has 0 saturated heterocycles. The molecular weight excluding hydrogens is 496 g/mol. The van der Waals surface area contributed by atoms with Gasteiger partial charge in [-0.05, 0) is 68.7 Å². The lowest BCUT2D eigenvalue weighted by Gasteiger charge is -2.27. The zero-order valence-electron chi connectivity index (χ0n) is 22.4. The van der Waals surface area contributed by atoms with Gasteiger partial charge in [0.2, 0.25) is 11.6 Å². The van der Waals surface area contributed by atoms with Crippen LogP contribution in [0, 0.1) is 32.1 Å². The van der Waals surface area contributed by atoms with Gasteiger partial charge in [0.1, 0.15) is 28.7 Å². The number of aryl methyl sites for hydroxylation is 3. The van der Waals surface area contributed by atoms with Gasteiger partial charge >= 0.3 is 5.97 Å². The SMILES string of the molecule is CCOc1ccc(C2C(C#N)=C(N)Oc3cc(OC(=O)c4oc5cc(C)cc(C)c5c4C)ccc32)cc1OC. The first-order valence-corrected chi connectivity index (χ1v) is 12.5. The first-order chi connectivity index (χ1) is 18.7. The van der Waals surface area contributed by atoms with E-state index >= 15 is 0 Å². The lowest BCUT2D eigenvalue weighted by atomic mass is 9.83. The van der Waals surface area contributed by atoms with Crippen molar-refractivity contribution >= 4 is 16.9 Å². The molecule has 39 heavy (non-hydrogen) atoms. The van der Waals surface area contributed by atoms with Gasteiger partial charge in [-0.2, -0.15) is 5.26 Å². The van der Waals surface area contributed by atoms with Crippen LogP contribution in [0.15, 0.2) is 64.4 Å². The van der Waals surface area contributed by atoms with E-state index in [-0.39, 0.29) is 23.0 Å². The van der Waals surface area contributed by atoms with Crippen LogP contribution in [0.1, 0.15) is 51.2 Å². The molecule has 1 unspecified atom stereocenters. The zero-order chi connectivity index (χ0) is 27.8. The van der Waals surface area contributed by atoms with Crippen LogP contribution in [0.4, 0.5) is 0 Å². The summed E-state index contributed by atoms with van der Waals surface area (Å²) in [6, 6.07) is 16.6. The minimum Gasteiger partial charge on any atom is -0.493 e. The van der Waals surface area contributed by atoms with Gasteiger partial charge in [0.25, 0.3) is 0 Å². The van der Waals surface area contributed by atoms with E-state index in [9.17, 15) is 10.1 Å². The molecule has 0 spiro atoms. The molecule has 0 saturated carbocycles. The average molecular weight is 525 g/mol. The topological polar surface area (TPSA) is 117 Å². The molecule has 4 aromatic rings. The van der Waals surface area contributed by atoms with Crippen molar-refractivity contribution in [3.05, 3.63) is 93.6 Å². The summed E-state index contributed by atoms with van der Waals surface area (Å²) in [6.07, 6.45) is 0. The molecule has 0 fully saturated rings. The smallest absolute Gasteiger partial charge is 0.379 e. The van der Waals surface area contributed by atoms with E-state index in [1.54, 1.807) is 31.4 Å². The summed E-state index contributed by atoms with van der Waals surface area (Å²) < 4.78 is 28.5. The van der Waals surface area contributed by atoms with Gasteiger partial charge in [-0.1, -0.05) is 18.2 Å². The Kier molecular flexibility index (Phi) is 6.67. The fourth-order valence-corrected chi connectivity index (χ4v) is 5.12. The molecule has 2 N–H and O–H groups in total. The van der Waals surface area contributed by atoms with Crippen molar-refractivity contribution in [3.8, 4) is 29.1 Å². The van der Waals surface area contributed by atoms with Gasteiger partial charge in [-0.15, -0.1) is 0 Å². The molecule has 8 nitrogen and oxygen atoms in total. The van der Waals surface area contributed by atoms with Gasteiger partial charge in [0.15, 0.2) is 11.5 Å². The Morgan fingerprint density at radius 3 is 2.59 bits per heavy atom. The number of nitrogens with zero attached hydrogens (tertiary/aromatic N) is 1. The van der Waals surface area contributed by atoms with Crippen LogP contribution in [0.5, 0.6) is 23.0 Å². The number of allylic oxidation sites excluding steroid dienone is 1. The summed E-state index contributed by atoms with van der Waals surface area (Å²) in [5.41, 5.74) is 11.3. The second-order valence-electron chi connectivity index (χ2n) is 9.37. The monoisotopic (exact) mass is 524 g/mol. The Labute approximate surface area is 226 Å². The van der Waals surface area contributed by atoms with Crippen molar-refractivity contribution in [2.45, 2.75) is 33.6 Å². The molecule has 0 amide bonds. The third-order valence-electron chi connectivity index (χ3n) is 6.78. The number of hydrogen-bond acceptors (Lipinski definition) is 8. The number of hydrogen-bond donors (Lipinski definition) is 1. The van der Waals surface area contributed by atoms with E-state index in [4.69, 9.17) is 29.1 Å². The molecule has 0 bridgehead atoms. The van der Waals surface area contributed by atoms with Crippen LogP contribution in [-0.2, 0) is 0 Å². The Balaban J connectivity index is 1.50. The van der Waals surface area contributed by atoms with Crippen LogP contribution in [0.25, 0.3) is 11.0 Å². The Bertz CT molecular complexity index is 1690. The van der Waals surface area contributed by atoms with Crippen LogP contribution in [0.3, 0.4) is 0 Å². The summed E-state index contributed by atoms with van der Waals surface area (Å²) in [5, 5.41) is 10.8. The molecule has 0 radical (unpaired) electrons. The summed E-state index contributed by atoms with van der Waals surface area (Å²) in [7, 11) is 1.56. The highest BCUT2D eigenvalue weighted by Gasteiger charge is 2.32. The van der Waals surface area contributed by atoms with Gasteiger partial charge in [0, 0.05) is 22.6 Å². The number of methoxy groups -OCH3 is 1. The molecule has 0 aliphatic carbocycles. The molecule has 1 atom stereocenters. The highest BCUT2D eigenvalue weighted by molar-refractivity contribution is 5.98. The highest BCUT2D eigenvalue weighted by Crippen LogP contribution is 2.45. The quantitative estimate of drug-likeness (QED) is 0.234. The standard InChI is InChI=1S/C31H28N2O6/c1-6-36-23-10-7-19(13-25(23)35-5)28-21-9-8-20(14-24(21)39-30(33)22(28)15-32)37-31(34)29-18(4)27-17(3)11-16(2)12-26(27)38-29/h7-14,28H,6,33H2,1-5H3. The van der Waals surface area contributed by atoms with Crippen molar-refractivity contribution in [1.82, 2.24) is 0 Å². The van der Waals surface area contributed by atoms with Gasteiger partial charge in [-0.3, -0.25) is 0 Å². The van der Waals surface area contributed by atoms with E-state index in [0.717, 1.165) is 27.6 Å². The number of nitrogens with two attached hydrogens (primary N) is 1. The molecule has 5 rings (SSSR count). The van der Waals surface area contributed by atoms with E-state index < -0.39 is 11.9 Å². The number of carbonyl (C=O) groups excluding carboxylic acids is 1. The predicted molar refractivity (Wildman–Crippen MR) is 145 cm³/mol. The highest BCUT2D eigenvalue weighted by atomic mass is 16.5. The Hall–Kier alpha value is -4.90.